The molecule has 1 amide bonds. The van der Waals surface area contributed by atoms with Gasteiger partial charge in [-0.25, -0.2) is 9.97 Å². The SMILES string of the molecule is Cc1nc2c(c(NCC(=O)NC(C)C)n1)Cc1ccccc1OC2. The van der Waals surface area contributed by atoms with Crippen molar-refractivity contribution < 1.29 is 9.53 Å². The van der Waals surface area contributed by atoms with E-state index in [0.717, 1.165) is 22.6 Å². The molecule has 0 saturated carbocycles. The van der Waals surface area contributed by atoms with Crippen molar-refractivity contribution in [1.29, 1.82) is 0 Å². The third-order valence-corrected chi connectivity index (χ3v) is 3.77. The summed E-state index contributed by atoms with van der Waals surface area (Å²) in [4.78, 5) is 20.9. The van der Waals surface area contributed by atoms with Crippen LogP contribution >= 0.6 is 0 Å². The Morgan fingerprint density at radius 1 is 1.29 bits per heavy atom. The van der Waals surface area contributed by atoms with Crippen molar-refractivity contribution in [2.24, 2.45) is 0 Å². The molecule has 0 saturated heterocycles. The predicted molar refractivity (Wildman–Crippen MR) is 92.1 cm³/mol. The maximum absolute atomic E-state index is 11.9. The molecule has 1 aliphatic heterocycles. The van der Waals surface area contributed by atoms with Gasteiger partial charge in [0.1, 0.15) is 24.0 Å². The first-order valence-electron chi connectivity index (χ1n) is 8.13. The quantitative estimate of drug-likeness (QED) is 0.901. The average molecular weight is 326 g/mol. The summed E-state index contributed by atoms with van der Waals surface area (Å²) in [6.07, 6.45) is 0.680. The van der Waals surface area contributed by atoms with E-state index in [1.54, 1.807) is 0 Å². The van der Waals surface area contributed by atoms with Gasteiger partial charge in [-0.1, -0.05) is 18.2 Å². The Bertz CT molecular complexity index is 759. The van der Waals surface area contributed by atoms with Crippen LogP contribution in [-0.2, 0) is 17.8 Å². The zero-order valence-corrected chi connectivity index (χ0v) is 14.2. The molecule has 1 aliphatic rings. The number of para-hydroxylation sites is 1. The van der Waals surface area contributed by atoms with Crippen LogP contribution in [0.3, 0.4) is 0 Å². The molecular formula is C18H22N4O2. The molecule has 0 bridgehead atoms. The lowest BCUT2D eigenvalue weighted by Crippen LogP contribution is -2.35. The van der Waals surface area contributed by atoms with Gasteiger partial charge in [-0.2, -0.15) is 0 Å². The van der Waals surface area contributed by atoms with E-state index in [-0.39, 0.29) is 18.5 Å². The van der Waals surface area contributed by atoms with Crippen molar-refractivity contribution in [3.05, 3.63) is 46.9 Å². The number of rotatable bonds is 4. The minimum Gasteiger partial charge on any atom is -0.487 e. The number of hydrogen-bond acceptors (Lipinski definition) is 5. The molecule has 0 radical (unpaired) electrons. The molecule has 0 unspecified atom stereocenters. The van der Waals surface area contributed by atoms with Gasteiger partial charge in [0, 0.05) is 18.0 Å². The van der Waals surface area contributed by atoms with Crippen LogP contribution in [0.4, 0.5) is 5.82 Å². The molecule has 126 valence electrons. The minimum atomic E-state index is -0.0553. The highest BCUT2D eigenvalue weighted by Gasteiger charge is 2.20. The molecule has 6 heteroatoms. The number of benzene rings is 1. The number of aryl methyl sites for hydroxylation is 1. The van der Waals surface area contributed by atoms with Crippen molar-refractivity contribution >= 4 is 11.7 Å². The Kier molecular flexibility index (Phi) is 4.64. The molecule has 0 atom stereocenters. The first kappa shape index (κ1) is 16.2. The van der Waals surface area contributed by atoms with Gasteiger partial charge in [-0.05, 0) is 32.4 Å². The zero-order valence-electron chi connectivity index (χ0n) is 14.2. The van der Waals surface area contributed by atoms with Crippen molar-refractivity contribution in [1.82, 2.24) is 15.3 Å². The summed E-state index contributed by atoms with van der Waals surface area (Å²) in [5.41, 5.74) is 2.95. The third kappa shape index (κ3) is 3.64. The summed E-state index contributed by atoms with van der Waals surface area (Å²) in [6.45, 7) is 6.31. The molecule has 0 spiro atoms. The molecule has 2 N–H and O–H groups in total. The van der Waals surface area contributed by atoms with Gasteiger partial charge in [-0.3, -0.25) is 4.79 Å². The number of amides is 1. The molecule has 2 heterocycles. The van der Waals surface area contributed by atoms with E-state index in [2.05, 4.69) is 20.6 Å². The second-order valence-electron chi connectivity index (χ2n) is 6.19. The number of nitrogens with zero attached hydrogens (tertiary/aromatic N) is 2. The summed E-state index contributed by atoms with van der Waals surface area (Å²) in [6, 6.07) is 8.07. The number of ether oxygens (including phenoxy) is 1. The van der Waals surface area contributed by atoms with Crippen LogP contribution in [-0.4, -0.2) is 28.5 Å². The molecular weight excluding hydrogens is 304 g/mol. The van der Waals surface area contributed by atoms with Crippen molar-refractivity contribution in [3.63, 3.8) is 0 Å². The van der Waals surface area contributed by atoms with Gasteiger partial charge in [-0.15, -0.1) is 0 Å². The van der Waals surface area contributed by atoms with E-state index in [0.29, 0.717) is 24.7 Å². The van der Waals surface area contributed by atoms with E-state index >= 15 is 0 Å². The van der Waals surface area contributed by atoms with Crippen LogP contribution in [0, 0.1) is 6.92 Å². The van der Waals surface area contributed by atoms with E-state index in [1.807, 2.05) is 45.0 Å². The summed E-state index contributed by atoms with van der Waals surface area (Å²) < 4.78 is 5.87. The molecule has 24 heavy (non-hydrogen) atoms. The number of carbonyl (C=O) groups excluding carboxylic acids is 1. The van der Waals surface area contributed by atoms with Crippen LogP contribution in [0.15, 0.2) is 24.3 Å². The lowest BCUT2D eigenvalue weighted by molar-refractivity contribution is -0.119. The highest BCUT2D eigenvalue weighted by atomic mass is 16.5. The molecule has 0 fully saturated rings. The number of anilines is 1. The topological polar surface area (TPSA) is 76.1 Å². The summed E-state index contributed by atoms with van der Waals surface area (Å²) in [7, 11) is 0. The fourth-order valence-electron chi connectivity index (χ4n) is 2.77. The molecule has 6 nitrogen and oxygen atoms in total. The molecule has 2 aromatic rings. The van der Waals surface area contributed by atoms with Gasteiger partial charge in [0.2, 0.25) is 5.91 Å². The average Bonchev–Trinajstić information content (AvgIpc) is 2.71. The lowest BCUT2D eigenvalue weighted by atomic mass is 10.0. The summed E-state index contributed by atoms with van der Waals surface area (Å²) >= 11 is 0. The van der Waals surface area contributed by atoms with Crippen LogP contribution in [0.2, 0.25) is 0 Å². The Morgan fingerprint density at radius 3 is 2.88 bits per heavy atom. The first-order chi connectivity index (χ1) is 11.5. The van der Waals surface area contributed by atoms with Gasteiger partial charge < -0.3 is 15.4 Å². The maximum Gasteiger partial charge on any atom is 0.239 e. The number of aromatic nitrogens is 2. The number of carbonyl (C=O) groups is 1. The monoisotopic (exact) mass is 326 g/mol. The fourth-order valence-corrected chi connectivity index (χ4v) is 2.77. The van der Waals surface area contributed by atoms with E-state index in [9.17, 15) is 4.79 Å². The van der Waals surface area contributed by atoms with Crippen molar-refractivity contribution in [2.75, 3.05) is 11.9 Å². The molecule has 1 aromatic carbocycles. The number of fused-ring (bicyclic) bond motifs is 2. The van der Waals surface area contributed by atoms with Gasteiger partial charge in [0.25, 0.3) is 0 Å². The maximum atomic E-state index is 11.9. The second kappa shape index (κ2) is 6.86. The second-order valence-corrected chi connectivity index (χ2v) is 6.19. The highest BCUT2D eigenvalue weighted by Crippen LogP contribution is 2.30. The smallest absolute Gasteiger partial charge is 0.239 e. The third-order valence-electron chi connectivity index (χ3n) is 3.77. The minimum absolute atomic E-state index is 0.0553. The zero-order chi connectivity index (χ0) is 17.1. The van der Waals surface area contributed by atoms with E-state index in [4.69, 9.17) is 4.74 Å². The highest BCUT2D eigenvalue weighted by molar-refractivity contribution is 5.80. The Hall–Kier alpha value is -2.63. The predicted octanol–water partition coefficient (Wildman–Crippen LogP) is 2.20. The first-order valence-corrected chi connectivity index (χ1v) is 8.13. The summed E-state index contributed by atoms with van der Waals surface area (Å²) in [5, 5.41) is 6.02. The fraction of sp³-hybridized carbons (Fsp3) is 0.389. The normalized spacial score (nSPS) is 12.7. The Balaban J connectivity index is 1.86. The molecule has 0 aliphatic carbocycles. The summed E-state index contributed by atoms with van der Waals surface area (Å²) in [5.74, 6) is 2.18. The van der Waals surface area contributed by atoms with Crippen molar-refractivity contribution in [3.8, 4) is 5.75 Å². The standard InChI is InChI=1S/C18H22N4O2/c1-11(2)20-17(23)9-19-18-14-8-13-6-4-5-7-16(13)24-10-15(14)21-12(3)22-18/h4-7,11H,8-10H2,1-3H3,(H,20,23)(H,19,21,22). The van der Waals surface area contributed by atoms with Gasteiger partial charge in [0.05, 0.1) is 12.2 Å². The Labute approximate surface area is 141 Å². The molecule has 1 aromatic heterocycles. The van der Waals surface area contributed by atoms with Crippen molar-refractivity contribution in [2.45, 2.75) is 39.8 Å². The van der Waals surface area contributed by atoms with Gasteiger partial charge in [0.15, 0.2) is 0 Å². The van der Waals surface area contributed by atoms with Gasteiger partial charge >= 0.3 is 0 Å². The van der Waals surface area contributed by atoms with Crippen LogP contribution in [0.1, 0.15) is 36.5 Å². The Morgan fingerprint density at radius 2 is 2.08 bits per heavy atom. The molecule has 3 rings (SSSR count). The van der Waals surface area contributed by atoms with Crippen LogP contribution in [0.25, 0.3) is 0 Å². The number of nitrogens with one attached hydrogen (secondary N) is 2. The van der Waals surface area contributed by atoms with E-state index < -0.39 is 0 Å². The number of hydrogen-bond donors (Lipinski definition) is 2. The van der Waals surface area contributed by atoms with E-state index in [1.165, 1.54) is 0 Å². The lowest BCUT2D eigenvalue weighted by Gasteiger charge is -2.14. The van der Waals surface area contributed by atoms with Crippen LogP contribution < -0.4 is 15.4 Å². The van der Waals surface area contributed by atoms with Crippen LogP contribution in [0.5, 0.6) is 5.75 Å². The largest absolute Gasteiger partial charge is 0.487 e.